The van der Waals surface area contributed by atoms with Gasteiger partial charge in [0, 0.05) is 10.9 Å². The van der Waals surface area contributed by atoms with Gasteiger partial charge in [0.2, 0.25) is 5.89 Å². The van der Waals surface area contributed by atoms with E-state index in [0.29, 0.717) is 18.1 Å². The first-order valence-corrected chi connectivity index (χ1v) is 6.21. The molecule has 0 atom stereocenters. The fourth-order valence-corrected chi connectivity index (χ4v) is 1.81. The second-order valence-electron chi connectivity index (χ2n) is 3.66. The maximum Gasteiger partial charge on any atom is 0.213 e. The van der Waals surface area contributed by atoms with E-state index in [-0.39, 0.29) is 0 Å². The lowest BCUT2D eigenvalue weighted by Gasteiger charge is -2.07. The molecule has 1 aromatic carbocycles. The number of nitrogen functional groups attached to an aromatic ring is 1. The van der Waals surface area contributed by atoms with Crippen LogP contribution in [0.1, 0.15) is 18.6 Å². The highest BCUT2D eigenvalue weighted by atomic mass is 79.9. The highest BCUT2D eigenvalue weighted by Gasteiger charge is 2.04. The number of aryl methyl sites for hydroxylation is 1. The molecule has 0 unspecified atom stereocenters. The summed E-state index contributed by atoms with van der Waals surface area (Å²) in [6.07, 6.45) is 2.60. The largest absolute Gasteiger partial charge is 0.444 e. The van der Waals surface area contributed by atoms with Gasteiger partial charge in [-0.25, -0.2) is 4.98 Å². The molecular weight excluding hydrogens is 282 g/mol. The molecule has 3 N–H and O–H groups in total. The zero-order valence-electron chi connectivity index (χ0n) is 9.53. The highest BCUT2D eigenvalue weighted by molar-refractivity contribution is 9.10. The van der Waals surface area contributed by atoms with Gasteiger partial charge in [-0.1, -0.05) is 22.9 Å². The van der Waals surface area contributed by atoms with E-state index in [4.69, 9.17) is 10.2 Å². The summed E-state index contributed by atoms with van der Waals surface area (Å²) in [5, 5.41) is 3.20. The third-order valence-electron chi connectivity index (χ3n) is 2.40. The monoisotopic (exact) mass is 295 g/mol. The summed E-state index contributed by atoms with van der Waals surface area (Å²) in [7, 11) is 0. The highest BCUT2D eigenvalue weighted by Crippen LogP contribution is 2.23. The SMILES string of the molecule is CCc1cnc(CNc2cc(Br)ccc2N)o1. The van der Waals surface area contributed by atoms with Crippen molar-refractivity contribution in [2.45, 2.75) is 19.9 Å². The molecule has 0 saturated carbocycles. The summed E-state index contributed by atoms with van der Waals surface area (Å²) in [6.45, 7) is 2.56. The third kappa shape index (κ3) is 3.00. The van der Waals surface area contributed by atoms with Crippen LogP contribution in [0.15, 0.2) is 33.3 Å². The van der Waals surface area contributed by atoms with E-state index in [1.807, 2.05) is 25.1 Å². The van der Waals surface area contributed by atoms with Crippen molar-refractivity contribution in [1.82, 2.24) is 4.98 Å². The Morgan fingerprint density at radius 2 is 2.29 bits per heavy atom. The van der Waals surface area contributed by atoms with Gasteiger partial charge in [0.15, 0.2) is 0 Å². The van der Waals surface area contributed by atoms with Crippen molar-refractivity contribution in [3.8, 4) is 0 Å². The predicted octanol–water partition coefficient (Wildman–Crippen LogP) is 3.19. The molecule has 1 heterocycles. The van der Waals surface area contributed by atoms with Crippen LogP contribution in [0, 0.1) is 0 Å². The minimum atomic E-state index is 0.528. The molecule has 4 nitrogen and oxygen atoms in total. The molecule has 0 spiro atoms. The van der Waals surface area contributed by atoms with Crippen LogP contribution in [0.25, 0.3) is 0 Å². The molecule has 0 fully saturated rings. The van der Waals surface area contributed by atoms with Crippen molar-refractivity contribution in [2.75, 3.05) is 11.1 Å². The van der Waals surface area contributed by atoms with Crippen LogP contribution < -0.4 is 11.1 Å². The second kappa shape index (κ2) is 5.23. The molecule has 0 aliphatic rings. The average Bonchev–Trinajstić information content (AvgIpc) is 2.78. The van der Waals surface area contributed by atoms with E-state index < -0.39 is 0 Å². The average molecular weight is 296 g/mol. The molecule has 0 bridgehead atoms. The normalized spacial score (nSPS) is 10.5. The summed E-state index contributed by atoms with van der Waals surface area (Å²) in [5.74, 6) is 1.56. The molecule has 2 rings (SSSR count). The van der Waals surface area contributed by atoms with E-state index in [1.54, 1.807) is 6.20 Å². The van der Waals surface area contributed by atoms with Crippen molar-refractivity contribution in [1.29, 1.82) is 0 Å². The smallest absolute Gasteiger partial charge is 0.213 e. The van der Waals surface area contributed by atoms with E-state index in [1.165, 1.54) is 0 Å². The maximum absolute atomic E-state index is 5.85. The topological polar surface area (TPSA) is 64.1 Å². The molecule has 17 heavy (non-hydrogen) atoms. The summed E-state index contributed by atoms with van der Waals surface area (Å²) in [4.78, 5) is 4.17. The minimum Gasteiger partial charge on any atom is -0.444 e. The predicted molar refractivity (Wildman–Crippen MR) is 71.8 cm³/mol. The summed E-state index contributed by atoms with van der Waals surface area (Å²) >= 11 is 3.40. The molecular formula is C12H14BrN3O. The lowest BCUT2D eigenvalue weighted by atomic mass is 10.3. The van der Waals surface area contributed by atoms with E-state index >= 15 is 0 Å². The fraction of sp³-hybridized carbons (Fsp3) is 0.250. The number of nitrogens with zero attached hydrogens (tertiary/aromatic N) is 1. The van der Waals surface area contributed by atoms with Gasteiger partial charge in [-0.3, -0.25) is 0 Å². The van der Waals surface area contributed by atoms with Crippen LogP contribution >= 0.6 is 15.9 Å². The van der Waals surface area contributed by atoms with Gasteiger partial charge in [-0.05, 0) is 18.2 Å². The second-order valence-corrected chi connectivity index (χ2v) is 4.57. The lowest BCUT2D eigenvalue weighted by molar-refractivity contribution is 0.466. The van der Waals surface area contributed by atoms with Crippen LogP contribution in [-0.4, -0.2) is 4.98 Å². The van der Waals surface area contributed by atoms with Gasteiger partial charge in [-0.2, -0.15) is 0 Å². The maximum atomic E-state index is 5.85. The molecule has 0 aliphatic carbocycles. The van der Waals surface area contributed by atoms with Crippen LogP contribution in [-0.2, 0) is 13.0 Å². The number of hydrogen-bond acceptors (Lipinski definition) is 4. The number of nitrogens with one attached hydrogen (secondary N) is 1. The van der Waals surface area contributed by atoms with E-state index in [0.717, 1.165) is 22.3 Å². The lowest BCUT2D eigenvalue weighted by Crippen LogP contribution is -2.02. The fourth-order valence-electron chi connectivity index (χ4n) is 1.45. The summed E-state index contributed by atoms with van der Waals surface area (Å²) in [6, 6.07) is 5.68. The first-order valence-electron chi connectivity index (χ1n) is 5.41. The number of hydrogen-bond donors (Lipinski definition) is 2. The zero-order valence-corrected chi connectivity index (χ0v) is 11.1. The number of anilines is 2. The number of benzene rings is 1. The molecule has 0 amide bonds. The molecule has 5 heteroatoms. The Morgan fingerprint density at radius 3 is 3.00 bits per heavy atom. The molecule has 90 valence electrons. The van der Waals surface area contributed by atoms with E-state index in [2.05, 4.69) is 26.2 Å². The number of rotatable bonds is 4. The first-order chi connectivity index (χ1) is 8.19. The quantitative estimate of drug-likeness (QED) is 0.850. The van der Waals surface area contributed by atoms with Crippen molar-refractivity contribution in [3.63, 3.8) is 0 Å². The van der Waals surface area contributed by atoms with Crippen molar-refractivity contribution in [3.05, 3.63) is 40.5 Å². The van der Waals surface area contributed by atoms with Gasteiger partial charge in [0.05, 0.1) is 24.1 Å². The third-order valence-corrected chi connectivity index (χ3v) is 2.89. The Balaban J connectivity index is 2.04. The van der Waals surface area contributed by atoms with Crippen LogP contribution in [0.4, 0.5) is 11.4 Å². The van der Waals surface area contributed by atoms with Gasteiger partial charge in [-0.15, -0.1) is 0 Å². The Morgan fingerprint density at radius 1 is 1.47 bits per heavy atom. The number of aromatic nitrogens is 1. The Bertz CT molecular complexity index is 510. The van der Waals surface area contributed by atoms with Gasteiger partial charge in [0.1, 0.15) is 5.76 Å². The minimum absolute atomic E-state index is 0.528. The van der Waals surface area contributed by atoms with Crippen molar-refractivity contribution < 1.29 is 4.42 Å². The molecule has 0 radical (unpaired) electrons. The van der Waals surface area contributed by atoms with Gasteiger partial charge in [0.25, 0.3) is 0 Å². The van der Waals surface area contributed by atoms with Gasteiger partial charge >= 0.3 is 0 Å². The Labute approximate surface area is 108 Å². The first kappa shape index (κ1) is 12.0. The number of nitrogens with two attached hydrogens (primary N) is 1. The summed E-state index contributed by atoms with van der Waals surface area (Å²) in [5.41, 5.74) is 7.43. The van der Waals surface area contributed by atoms with Gasteiger partial charge < -0.3 is 15.5 Å². The Hall–Kier alpha value is -1.49. The van der Waals surface area contributed by atoms with E-state index in [9.17, 15) is 0 Å². The number of oxazole rings is 1. The van der Waals surface area contributed by atoms with Crippen molar-refractivity contribution >= 4 is 27.3 Å². The molecule has 1 aromatic heterocycles. The van der Waals surface area contributed by atoms with Crippen LogP contribution in [0.2, 0.25) is 0 Å². The Kier molecular flexibility index (Phi) is 3.68. The zero-order chi connectivity index (χ0) is 12.3. The molecule has 0 aliphatic heterocycles. The summed E-state index contributed by atoms with van der Waals surface area (Å²) < 4.78 is 6.48. The van der Waals surface area contributed by atoms with Crippen molar-refractivity contribution in [2.24, 2.45) is 0 Å². The van der Waals surface area contributed by atoms with Crippen LogP contribution in [0.5, 0.6) is 0 Å². The number of halogens is 1. The molecule has 2 aromatic rings. The van der Waals surface area contributed by atoms with Crippen LogP contribution in [0.3, 0.4) is 0 Å². The molecule has 0 saturated heterocycles. The standard InChI is InChI=1S/C12H14BrN3O/c1-2-9-6-16-12(17-9)7-15-11-5-8(13)3-4-10(11)14/h3-6,15H,2,7,14H2,1H3.